The van der Waals surface area contributed by atoms with Gasteiger partial charge in [-0.15, -0.1) is 0 Å². The number of likely N-dealkylation sites (tertiary alicyclic amines) is 1. The molecule has 25 heavy (non-hydrogen) atoms. The Labute approximate surface area is 153 Å². The minimum Gasteiger partial charge on any atom is -0.352 e. The van der Waals surface area contributed by atoms with Crippen molar-refractivity contribution in [3.05, 3.63) is 30.6 Å². The molecular formula is C19H26N4OS. The summed E-state index contributed by atoms with van der Waals surface area (Å²) < 4.78 is 1.93. The average Bonchev–Trinajstić information content (AvgIpc) is 3.06. The molecule has 2 saturated heterocycles. The number of benzene rings is 1. The van der Waals surface area contributed by atoms with E-state index in [-0.39, 0.29) is 5.91 Å². The number of imidazole rings is 1. The Balaban J connectivity index is 1.27. The number of nitrogens with zero attached hydrogens (tertiary/aromatic N) is 3. The van der Waals surface area contributed by atoms with Gasteiger partial charge in [0.15, 0.2) is 0 Å². The molecule has 2 aliphatic rings. The number of rotatable bonds is 4. The van der Waals surface area contributed by atoms with Crippen LogP contribution in [0.5, 0.6) is 0 Å². The standard InChI is InChI=1S/C19H26N4OS/c24-19(13-23-14-20-17-3-1-2-4-18(17)23)21-15-5-9-22(10-6-15)16-7-11-25-12-8-16/h1-4,14-16H,5-13H2,(H,21,24). The van der Waals surface area contributed by atoms with Gasteiger partial charge in [-0.25, -0.2) is 4.98 Å². The van der Waals surface area contributed by atoms with Gasteiger partial charge in [-0.1, -0.05) is 12.1 Å². The van der Waals surface area contributed by atoms with Crippen molar-refractivity contribution in [2.24, 2.45) is 0 Å². The third-order valence-electron chi connectivity index (χ3n) is 5.44. The molecule has 2 fully saturated rings. The summed E-state index contributed by atoms with van der Waals surface area (Å²) in [7, 11) is 0. The van der Waals surface area contributed by atoms with Crippen LogP contribution >= 0.6 is 11.8 Å². The van der Waals surface area contributed by atoms with Crippen LogP contribution in [0.4, 0.5) is 0 Å². The molecule has 5 nitrogen and oxygen atoms in total. The molecular weight excluding hydrogens is 332 g/mol. The van der Waals surface area contributed by atoms with Gasteiger partial charge in [0.1, 0.15) is 6.54 Å². The number of hydrogen-bond donors (Lipinski definition) is 1. The lowest BCUT2D eigenvalue weighted by molar-refractivity contribution is -0.122. The van der Waals surface area contributed by atoms with E-state index in [1.54, 1.807) is 6.33 Å². The number of piperidine rings is 1. The zero-order chi connectivity index (χ0) is 17.1. The topological polar surface area (TPSA) is 50.2 Å². The van der Waals surface area contributed by atoms with Gasteiger partial charge in [-0.05, 0) is 49.3 Å². The van der Waals surface area contributed by atoms with E-state index in [1.165, 1.54) is 24.3 Å². The van der Waals surface area contributed by atoms with Gasteiger partial charge >= 0.3 is 0 Å². The molecule has 0 radical (unpaired) electrons. The summed E-state index contributed by atoms with van der Waals surface area (Å²) in [4.78, 5) is 19.4. The summed E-state index contributed by atoms with van der Waals surface area (Å²) in [6, 6.07) is 9.03. The lowest BCUT2D eigenvalue weighted by atomic mass is 10.0. The second-order valence-corrected chi connectivity index (χ2v) is 8.31. The predicted molar refractivity (Wildman–Crippen MR) is 103 cm³/mol. The fraction of sp³-hybridized carbons (Fsp3) is 0.579. The molecule has 1 amide bonds. The van der Waals surface area contributed by atoms with Crippen molar-refractivity contribution in [2.45, 2.75) is 44.3 Å². The number of amides is 1. The zero-order valence-electron chi connectivity index (χ0n) is 14.6. The fourth-order valence-electron chi connectivity index (χ4n) is 4.02. The van der Waals surface area contributed by atoms with Crippen molar-refractivity contribution in [1.82, 2.24) is 19.8 Å². The summed E-state index contributed by atoms with van der Waals surface area (Å²) in [6.07, 6.45) is 6.55. The Morgan fingerprint density at radius 1 is 1.16 bits per heavy atom. The number of carbonyl (C=O) groups is 1. The average molecular weight is 359 g/mol. The lowest BCUT2D eigenvalue weighted by Gasteiger charge is -2.39. The highest BCUT2D eigenvalue weighted by molar-refractivity contribution is 7.99. The molecule has 2 aromatic rings. The van der Waals surface area contributed by atoms with E-state index >= 15 is 0 Å². The van der Waals surface area contributed by atoms with E-state index in [9.17, 15) is 4.79 Å². The molecule has 0 saturated carbocycles. The van der Waals surface area contributed by atoms with Crippen LogP contribution in [0.2, 0.25) is 0 Å². The van der Waals surface area contributed by atoms with Gasteiger partial charge in [-0.3, -0.25) is 4.79 Å². The van der Waals surface area contributed by atoms with Crippen LogP contribution in [0.15, 0.2) is 30.6 Å². The van der Waals surface area contributed by atoms with Crippen LogP contribution in [0, 0.1) is 0 Å². The highest BCUT2D eigenvalue weighted by Crippen LogP contribution is 2.24. The molecule has 0 spiro atoms. The number of carbonyl (C=O) groups excluding carboxylic acids is 1. The molecule has 0 unspecified atom stereocenters. The van der Waals surface area contributed by atoms with Crippen LogP contribution in [-0.2, 0) is 11.3 Å². The number of hydrogen-bond acceptors (Lipinski definition) is 4. The molecule has 6 heteroatoms. The number of aromatic nitrogens is 2. The first-order valence-electron chi connectivity index (χ1n) is 9.30. The first-order chi connectivity index (χ1) is 12.3. The van der Waals surface area contributed by atoms with Crippen LogP contribution in [0.1, 0.15) is 25.7 Å². The molecule has 1 aromatic carbocycles. The number of para-hydroxylation sites is 2. The SMILES string of the molecule is O=C(Cn1cnc2ccccc21)NC1CCN(C2CCSCC2)CC1. The van der Waals surface area contributed by atoms with Crippen molar-refractivity contribution in [2.75, 3.05) is 24.6 Å². The summed E-state index contributed by atoms with van der Waals surface area (Å²) in [5.41, 5.74) is 1.96. The quantitative estimate of drug-likeness (QED) is 0.912. The summed E-state index contributed by atoms with van der Waals surface area (Å²) >= 11 is 2.08. The highest BCUT2D eigenvalue weighted by Gasteiger charge is 2.27. The Hall–Kier alpha value is -1.53. The number of thioether (sulfide) groups is 1. The van der Waals surface area contributed by atoms with Gasteiger partial charge in [0.25, 0.3) is 0 Å². The van der Waals surface area contributed by atoms with Crippen LogP contribution in [-0.4, -0.2) is 57.0 Å². The van der Waals surface area contributed by atoms with E-state index < -0.39 is 0 Å². The van der Waals surface area contributed by atoms with Crippen molar-refractivity contribution in [3.63, 3.8) is 0 Å². The van der Waals surface area contributed by atoms with Crippen LogP contribution < -0.4 is 5.32 Å². The first kappa shape index (κ1) is 16.9. The third-order valence-corrected chi connectivity index (χ3v) is 6.49. The van der Waals surface area contributed by atoms with Crippen LogP contribution in [0.3, 0.4) is 0 Å². The summed E-state index contributed by atoms with van der Waals surface area (Å²) in [5, 5.41) is 3.23. The molecule has 134 valence electrons. The maximum atomic E-state index is 12.4. The van der Waals surface area contributed by atoms with E-state index in [4.69, 9.17) is 0 Å². The normalized spacial score (nSPS) is 20.8. The van der Waals surface area contributed by atoms with E-state index in [0.717, 1.165) is 43.0 Å². The van der Waals surface area contributed by atoms with Crippen molar-refractivity contribution < 1.29 is 4.79 Å². The Bertz CT molecular complexity index is 717. The van der Waals surface area contributed by atoms with Gasteiger partial charge in [0.05, 0.1) is 17.4 Å². The Kier molecular flexibility index (Phi) is 5.27. The van der Waals surface area contributed by atoms with Crippen molar-refractivity contribution >= 4 is 28.7 Å². The van der Waals surface area contributed by atoms with Crippen LogP contribution in [0.25, 0.3) is 11.0 Å². The van der Waals surface area contributed by atoms with Crippen molar-refractivity contribution in [1.29, 1.82) is 0 Å². The van der Waals surface area contributed by atoms with Gasteiger partial charge in [0, 0.05) is 25.2 Å². The molecule has 0 aliphatic carbocycles. The number of nitrogens with one attached hydrogen (secondary N) is 1. The minimum atomic E-state index is 0.0932. The second kappa shape index (κ2) is 7.79. The highest BCUT2D eigenvalue weighted by atomic mass is 32.2. The number of fused-ring (bicyclic) bond motifs is 1. The summed E-state index contributed by atoms with van der Waals surface area (Å²) in [6.45, 7) is 2.59. The Morgan fingerprint density at radius 3 is 2.72 bits per heavy atom. The predicted octanol–water partition coefficient (Wildman–Crippen LogP) is 2.51. The maximum Gasteiger partial charge on any atom is 0.240 e. The van der Waals surface area contributed by atoms with Gasteiger partial charge in [-0.2, -0.15) is 11.8 Å². The van der Waals surface area contributed by atoms with E-state index in [0.29, 0.717) is 12.6 Å². The van der Waals surface area contributed by atoms with Gasteiger partial charge in [0.2, 0.25) is 5.91 Å². The monoisotopic (exact) mass is 358 g/mol. The van der Waals surface area contributed by atoms with Crippen molar-refractivity contribution in [3.8, 4) is 0 Å². The largest absolute Gasteiger partial charge is 0.352 e. The molecule has 1 aromatic heterocycles. The molecule has 2 aliphatic heterocycles. The second-order valence-electron chi connectivity index (χ2n) is 7.08. The Morgan fingerprint density at radius 2 is 1.92 bits per heavy atom. The fourth-order valence-corrected chi connectivity index (χ4v) is 5.11. The minimum absolute atomic E-state index is 0.0932. The zero-order valence-corrected chi connectivity index (χ0v) is 15.4. The molecule has 4 rings (SSSR count). The molecule has 3 heterocycles. The van der Waals surface area contributed by atoms with E-state index in [1.807, 2.05) is 28.8 Å². The summed E-state index contributed by atoms with van der Waals surface area (Å²) in [5.74, 6) is 2.70. The van der Waals surface area contributed by atoms with Gasteiger partial charge < -0.3 is 14.8 Å². The smallest absolute Gasteiger partial charge is 0.240 e. The maximum absolute atomic E-state index is 12.4. The molecule has 0 bridgehead atoms. The first-order valence-corrected chi connectivity index (χ1v) is 10.5. The lowest BCUT2D eigenvalue weighted by Crippen LogP contribution is -2.49. The molecule has 1 N–H and O–H groups in total. The molecule has 0 atom stereocenters. The third kappa shape index (κ3) is 4.01. The van der Waals surface area contributed by atoms with E-state index in [2.05, 4.69) is 27.0 Å².